The number of nitrogens with zero attached hydrogens (tertiary/aromatic N) is 1. The zero-order valence-corrected chi connectivity index (χ0v) is 13.4. The standard InChI is InChI=1S/C13H19N3O5S/c1-9-12(15-13(2,3)21-9)8-14-22(19,20)11-6-4-10(5-7-11)16(17)18/h4-7,9,12,14-15H,8H2,1-3H3. The second kappa shape index (κ2) is 5.92. The van der Waals surface area contributed by atoms with E-state index in [9.17, 15) is 18.5 Å². The van der Waals surface area contributed by atoms with Gasteiger partial charge in [-0.25, -0.2) is 13.1 Å². The number of nitrogens with one attached hydrogen (secondary N) is 2. The number of nitro benzene ring substituents is 1. The van der Waals surface area contributed by atoms with Crippen LogP contribution in [0.1, 0.15) is 20.8 Å². The molecule has 1 saturated heterocycles. The molecular weight excluding hydrogens is 310 g/mol. The minimum atomic E-state index is -3.72. The van der Waals surface area contributed by atoms with Crippen LogP contribution < -0.4 is 10.0 Å². The molecule has 1 heterocycles. The summed E-state index contributed by atoms with van der Waals surface area (Å²) in [4.78, 5) is 9.99. The highest BCUT2D eigenvalue weighted by Gasteiger charge is 2.37. The number of non-ortho nitro benzene ring substituents is 1. The van der Waals surface area contributed by atoms with Crippen LogP contribution in [0.5, 0.6) is 0 Å². The fourth-order valence-electron chi connectivity index (χ4n) is 2.39. The lowest BCUT2D eigenvalue weighted by Gasteiger charge is -2.18. The van der Waals surface area contributed by atoms with E-state index in [0.717, 1.165) is 12.1 Å². The van der Waals surface area contributed by atoms with Gasteiger partial charge in [-0.15, -0.1) is 0 Å². The summed E-state index contributed by atoms with van der Waals surface area (Å²) in [6.07, 6.45) is -0.130. The predicted molar refractivity (Wildman–Crippen MR) is 79.8 cm³/mol. The Morgan fingerprint density at radius 1 is 1.36 bits per heavy atom. The summed E-state index contributed by atoms with van der Waals surface area (Å²) in [5.74, 6) is 0. The highest BCUT2D eigenvalue weighted by Crippen LogP contribution is 2.21. The fraction of sp³-hybridized carbons (Fsp3) is 0.538. The minimum absolute atomic E-state index is 0.0103. The van der Waals surface area contributed by atoms with Gasteiger partial charge in [0.1, 0.15) is 5.72 Å². The SMILES string of the molecule is CC1OC(C)(C)NC1CNS(=O)(=O)c1ccc([N+](=O)[O-])cc1. The third-order valence-electron chi connectivity index (χ3n) is 3.43. The fourth-order valence-corrected chi connectivity index (χ4v) is 3.45. The second-order valence-electron chi connectivity index (χ2n) is 5.69. The number of sulfonamides is 1. The molecule has 0 amide bonds. The number of benzene rings is 1. The molecule has 0 saturated carbocycles. The summed E-state index contributed by atoms with van der Waals surface area (Å²) >= 11 is 0. The molecule has 1 aromatic rings. The molecule has 0 bridgehead atoms. The highest BCUT2D eigenvalue weighted by molar-refractivity contribution is 7.89. The van der Waals surface area contributed by atoms with Gasteiger partial charge in [-0.3, -0.25) is 15.4 Å². The Morgan fingerprint density at radius 2 is 1.95 bits per heavy atom. The van der Waals surface area contributed by atoms with Crippen LogP contribution in [0.3, 0.4) is 0 Å². The molecule has 0 radical (unpaired) electrons. The zero-order valence-electron chi connectivity index (χ0n) is 12.6. The van der Waals surface area contributed by atoms with Crippen molar-refractivity contribution in [1.29, 1.82) is 0 Å². The Kier molecular flexibility index (Phi) is 4.52. The number of hydrogen-bond donors (Lipinski definition) is 2. The summed E-state index contributed by atoms with van der Waals surface area (Å²) in [5, 5.41) is 13.8. The maximum Gasteiger partial charge on any atom is 0.269 e. The van der Waals surface area contributed by atoms with Crippen LogP contribution in [0.4, 0.5) is 5.69 Å². The van der Waals surface area contributed by atoms with Gasteiger partial charge < -0.3 is 4.74 Å². The molecule has 8 nitrogen and oxygen atoms in total. The van der Waals surface area contributed by atoms with Gasteiger partial charge in [-0.05, 0) is 32.9 Å². The van der Waals surface area contributed by atoms with Crippen molar-refractivity contribution < 1.29 is 18.1 Å². The van der Waals surface area contributed by atoms with Crippen molar-refractivity contribution in [3.63, 3.8) is 0 Å². The lowest BCUT2D eigenvalue weighted by atomic mass is 10.2. The molecule has 1 aliphatic heterocycles. The van der Waals surface area contributed by atoms with Crippen molar-refractivity contribution in [3.05, 3.63) is 34.4 Å². The van der Waals surface area contributed by atoms with Crippen LogP contribution in [-0.2, 0) is 14.8 Å². The Balaban J connectivity index is 2.04. The molecule has 2 atom stereocenters. The van der Waals surface area contributed by atoms with Crippen molar-refractivity contribution in [2.45, 2.75) is 43.5 Å². The molecule has 0 aromatic heterocycles. The summed E-state index contributed by atoms with van der Waals surface area (Å²) in [7, 11) is -3.72. The van der Waals surface area contributed by atoms with E-state index in [1.807, 2.05) is 20.8 Å². The molecule has 9 heteroatoms. The van der Waals surface area contributed by atoms with Crippen molar-refractivity contribution in [3.8, 4) is 0 Å². The van der Waals surface area contributed by atoms with E-state index in [-0.39, 0.29) is 29.3 Å². The molecule has 0 aliphatic carbocycles. The van der Waals surface area contributed by atoms with Gasteiger partial charge >= 0.3 is 0 Å². The first-order valence-corrected chi connectivity index (χ1v) is 8.29. The normalized spacial score (nSPS) is 24.3. The maximum atomic E-state index is 12.2. The average Bonchev–Trinajstić information content (AvgIpc) is 2.69. The summed E-state index contributed by atoms with van der Waals surface area (Å²) < 4.78 is 32.5. The molecule has 1 fully saturated rings. The van der Waals surface area contributed by atoms with Gasteiger partial charge in [0.25, 0.3) is 5.69 Å². The van der Waals surface area contributed by atoms with E-state index < -0.39 is 20.7 Å². The number of hydrogen-bond acceptors (Lipinski definition) is 6. The van der Waals surface area contributed by atoms with Crippen LogP contribution in [-0.4, -0.2) is 37.8 Å². The molecule has 1 aromatic carbocycles. The Hall–Kier alpha value is -1.55. The van der Waals surface area contributed by atoms with E-state index in [0.29, 0.717) is 0 Å². The van der Waals surface area contributed by atoms with Crippen molar-refractivity contribution in [2.24, 2.45) is 0 Å². The Bertz CT molecular complexity index is 657. The minimum Gasteiger partial charge on any atom is -0.357 e. The predicted octanol–water partition coefficient (Wildman–Crippen LogP) is 0.986. The largest absolute Gasteiger partial charge is 0.357 e. The molecular formula is C13H19N3O5S. The highest BCUT2D eigenvalue weighted by atomic mass is 32.2. The van der Waals surface area contributed by atoms with Crippen molar-refractivity contribution in [2.75, 3.05) is 6.54 Å². The molecule has 122 valence electrons. The van der Waals surface area contributed by atoms with E-state index in [4.69, 9.17) is 4.74 Å². The van der Waals surface area contributed by atoms with Crippen LogP contribution in [0, 0.1) is 10.1 Å². The quantitative estimate of drug-likeness (QED) is 0.615. The van der Waals surface area contributed by atoms with Crippen LogP contribution in [0.15, 0.2) is 29.2 Å². The molecule has 1 aliphatic rings. The van der Waals surface area contributed by atoms with Gasteiger partial charge in [0, 0.05) is 24.7 Å². The topological polar surface area (TPSA) is 111 Å². The Morgan fingerprint density at radius 3 is 2.41 bits per heavy atom. The number of ether oxygens (including phenoxy) is 1. The van der Waals surface area contributed by atoms with E-state index >= 15 is 0 Å². The summed E-state index contributed by atoms with van der Waals surface area (Å²) in [6, 6.07) is 4.61. The number of rotatable bonds is 5. The van der Waals surface area contributed by atoms with Gasteiger partial charge in [0.2, 0.25) is 10.0 Å². The third kappa shape index (κ3) is 3.80. The molecule has 22 heavy (non-hydrogen) atoms. The smallest absolute Gasteiger partial charge is 0.269 e. The first-order valence-electron chi connectivity index (χ1n) is 6.80. The lowest BCUT2D eigenvalue weighted by molar-refractivity contribution is -0.384. The van der Waals surface area contributed by atoms with E-state index in [1.54, 1.807) is 0 Å². The van der Waals surface area contributed by atoms with Gasteiger partial charge in [-0.2, -0.15) is 0 Å². The summed E-state index contributed by atoms with van der Waals surface area (Å²) in [6.45, 7) is 5.78. The summed E-state index contributed by atoms with van der Waals surface area (Å²) in [5.41, 5.74) is -0.650. The number of nitro groups is 1. The van der Waals surface area contributed by atoms with E-state index in [2.05, 4.69) is 10.0 Å². The lowest BCUT2D eigenvalue weighted by Crippen LogP contribution is -2.45. The van der Waals surface area contributed by atoms with Crippen molar-refractivity contribution >= 4 is 15.7 Å². The third-order valence-corrected chi connectivity index (χ3v) is 4.87. The van der Waals surface area contributed by atoms with Gasteiger partial charge in [-0.1, -0.05) is 0 Å². The van der Waals surface area contributed by atoms with Gasteiger partial charge in [0.05, 0.1) is 15.9 Å². The van der Waals surface area contributed by atoms with Crippen LogP contribution >= 0.6 is 0 Å². The van der Waals surface area contributed by atoms with E-state index in [1.165, 1.54) is 12.1 Å². The van der Waals surface area contributed by atoms with Crippen LogP contribution in [0.2, 0.25) is 0 Å². The molecule has 2 rings (SSSR count). The van der Waals surface area contributed by atoms with Gasteiger partial charge in [0.15, 0.2) is 0 Å². The molecule has 2 N–H and O–H groups in total. The molecule has 0 spiro atoms. The Labute approximate surface area is 129 Å². The zero-order chi connectivity index (χ0) is 16.5. The maximum absolute atomic E-state index is 12.2. The average molecular weight is 329 g/mol. The van der Waals surface area contributed by atoms with Crippen LogP contribution in [0.25, 0.3) is 0 Å². The molecule has 2 unspecified atom stereocenters. The first-order chi connectivity index (χ1) is 10.1. The first kappa shape index (κ1) is 16.8. The monoisotopic (exact) mass is 329 g/mol. The second-order valence-corrected chi connectivity index (χ2v) is 7.45. The van der Waals surface area contributed by atoms with Crippen molar-refractivity contribution in [1.82, 2.24) is 10.0 Å².